The highest BCUT2D eigenvalue weighted by molar-refractivity contribution is 5.90. The number of amidine groups is 1. The number of aliphatic imine (C=N–C) groups is 1. The number of nitrogens with zero attached hydrogens (tertiary/aromatic N) is 1. The van der Waals surface area contributed by atoms with E-state index in [1.807, 2.05) is 24.3 Å². The molecule has 0 saturated carbocycles. The fraction of sp³-hybridized carbons (Fsp3) is 0.500. The summed E-state index contributed by atoms with van der Waals surface area (Å²) < 4.78 is 4.83. The van der Waals surface area contributed by atoms with Crippen LogP contribution < -0.4 is 5.73 Å². The maximum atomic E-state index is 11.7. The molecule has 1 unspecified atom stereocenters. The van der Waals surface area contributed by atoms with Crippen molar-refractivity contribution in [2.45, 2.75) is 32.1 Å². The number of benzene rings is 1. The standard InChI is InChI=1S/C16H22N2O2/c1-20-16(19)14-7-3-2-6-13(14)10-9-12-5-4-8-15(17)18-11-12/h2-3,6-7,12H,4-5,8-11H2,1H3,(H2,17,18). The third kappa shape index (κ3) is 3.83. The van der Waals surface area contributed by atoms with Crippen LogP contribution in [-0.4, -0.2) is 25.5 Å². The number of nitrogens with two attached hydrogens (primary N) is 1. The molecule has 2 N–H and O–H groups in total. The Kier molecular flexibility index (Phi) is 5.16. The average molecular weight is 274 g/mol. The summed E-state index contributed by atoms with van der Waals surface area (Å²) in [5.41, 5.74) is 7.50. The number of ether oxygens (including phenoxy) is 1. The summed E-state index contributed by atoms with van der Waals surface area (Å²) in [7, 11) is 1.42. The molecule has 0 fully saturated rings. The van der Waals surface area contributed by atoms with Crippen molar-refractivity contribution < 1.29 is 9.53 Å². The van der Waals surface area contributed by atoms with Gasteiger partial charge in [0.15, 0.2) is 0 Å². The molecule has 4 nitrogen and oxygen atoms in total. The molecule has 0 radical (unpaired) electrons. The largest absolute Gasteiger partial charge is 0.465 e. The van der Waals surface area contributed by atoms with Crippen LogP contribution in [0.15, 0.2) is 29.3 Å². The van der Waals surface area contributed by atoms with Crippen molar-refractivity contribution in [2.24, 2.45) is 16.6 Å². The molecule has 0 bridgehead atoms. The lowest BCUT2D eigenvalue weighted by Gasteiger charge is -2.13. The maximum absolute atomic E-state index is 11.7. The van der Waals surface area contributed by atoms with Gasteiger partial charge in [0.1, 0.15) is 0 Å². The molecule has 2 rings (SSSR count). The van der Waals surface area contributed by atoms with Crippen molar-refractivity contribution in [1.29, 1.82) is 0 Å². The van der Waals surface area contributed by atoms with Crippen LogP contribution in [0.25, 0.3) is 0 Å². The lowest BCUT2D eigenvalue weighted by molar-refractivity contribution is 0.0599. The monoisotopic (exact) mass is 274 g/mol. The predicted octanol–water partition coefficient (Wildman–Crippen LogP) is 2.56. The molecule has 0 spiro atoms. The van der Waals surface area contributed by atoms with Crippen LogP contribution in [0.3, 0.4) is 0 Å². The molecule has 1 aliphatic heterocycles. The van der Waals surface area contributed by atoms with Crippen LogP contribution in [0, 0.1) is 5.92 Å². The first kappa shape index (κ1) is 14.6. The van der Waals surface area contributed by atoms with E-state index in [9.17, 15) is 4.79 Å². The number of carbonyl (C=O) groups is 1. The van der Waals surface area contributed by atoms with Crippen molar-refractivity contribution in [3.8, 4) is 0 Å². The van der Waals surface area contributed by atoms with Gasteiger partial charge >= 0.3 is 5.97 Å². The zero-order chi connectivity index (χ0) is 14.4. The van der Waals surface area contributed by atoms with Gasteiger partial charge in [0, 0.05) is 13.0 Å². The average Bonchev–Trinajstić information content (AvgIpc) is 2.69. The van der Waals surface area contributed by atoms with Gasteiger partial charge in [-0.1, -0.05) is 18.2 Å². The summed E-state index contributed by atoms with van der Waals surface area (Å²) in [6.07, 6.45) is 5.09. The van der Waals surface area contributed by atoms with E-state index < -0.39 is 0 Å². The Morgan fingerprint density at radius 2 is 2.25 bits per heavy atom. The number of carbonyl (C=O) groups excluding carboxylic acids is 1. The van der Waals surface area contributed by atoms with Crippen molar-refractivity contribution in [3.63, 3.8) is 0 Å². The summed E-state index contributed by atoms with van der Waals surface area (Å²) in [6.45, 7) is 0.812. The highest BCUT2D eigenvalue weighted by atomic mass is 16.5. The molecule has 4 heteroatoms. The summed E-state index contributed by atoms with van der Waals surface area (Å²) >= 11 is 0. The van der Waals surface area contributed by atoms with Crippen LogP contribution >= 0.6 is 0 Å². The van der Waals surface area contributed by atoms with Crippen LogP contribution in [0.4, 0.5) is 0 Å². The molecule has 108 valence electrons. The first-order chi connectivity index (χ1) is 9.70. The van der Waals surface area contributed by atoms with Gasteiger partial charge < -0.3 is 10.5 Å². The van der Waals surface area contributed by atoms with Crippen LogP contribution in [0.2, 0.25) is 0 Å². The first-order valence-electron chi connectivity index (χ1n) is 7.15. The van der Waals surface area contributed by atoms with Gasteiger partial charge in [0.2, 0.25) is 0 Å². The Labute approximate surface area is 120 Å². The molecule has 1 heterocycles. The quantitative estimate of drug-likeness (QED) is 0.858. The Morgan fingerprint density at radius 1 is 1.45 bits per heavy atom. The van der Waals surface area contributed by atoms with Crippen molar-refractivity contribution in [1.82, 2.24) is 0 Å². The third-order valence-electron chi connectivity index (χ3n) is 3.84. The molecule has 1 aromatic rings. The fourth-order valence-electron chi connectivity index (χ4n) is 2.63. The third-order valence-corrected chi connectivity index (χ3v) is 3.84. The van der Waals surface area contributed by atoms with Gasteiger partial charge in [0.05, 0.1) is 18.5 Å². The number of hydrogen-bond acceptors (Lipinski definition) is 4. The minimum Gasteiger partial charge on any atom is -0.465 e. The molecule has 0 aromatic heterocycles. The lowest BCUT2D eigenvalue weighted by Crippen LogP contribution is -2.11. The Balaban J connectivity index is 1.98. The van der Waals surface area contributed by atoms with Gasteiger partial charge in [-0.05, 0) is 43.2 Å². The minimum absolute atomic E-state index is 0.260. The van der Waals surface area contributed by atoms with E-state index in [2.05, 4.69) is 4.99 Å². The molecule has 0 aliphatic carbocycles. The Hall–Kier alpha value is -1.84. The Morgan fingerprint density at radius 3 is 3.05 bits per heavy atom. The molecule has 0 saturated heterocycles. The van der Waals surface area contributed by atoms with Crippen LogP contribution in [-0.2, 0) is 11.2 Å². The van der Waals surface area contributed by atoms with Gasteiger partial charge in [0.25, 0.3) is 0 Å². The van der Waals surface area contributed by atoms with Crippen molar-refractivity contribution in [3.05, 3.63) is 35.4 Å². The second kappa shape index (κ2) is 7.08. The maximum Gasteiger partial charge on any atom is 0.338 e. The highest BCUT2D eigenvalue weighted by Crippen LogP contribution is 2.21. The molecular weight excluding hydrogens is 252 g/mol. The first-order valence-corrected chi connectivity index (χ1v) is 7.15. The SMILES string of the molecule is COC(=O)c1ccccc1CCC1CCCC(N)=NC1. The fourth-order valence-corrected chi connectivity index (χ4v) is 2.63. The smallest absolute Gasteiger partial charge is 0.338 e. The zero-order valence-electron chi connectivity index (χ0n) is 12.0. The van der Waals surface area contributed by atoms with Crippen molar-refractivity contribution in [2.75, 3.05) is 13.7 Å². The lowest BCUT2D eigenvalue weighted by atomic mass is 9.93. The second-order valence-corrected chi connectivity index (χ2v) is 5.28. The highest BCUT2D eigenvalue weighted by Gasteiger charge is 2.15. The predicted molar refractivity (Wildman–Crippen MR) is 79.9 cm³/mol. The van der Waals surface area contributed by atoms with Gasteiger partial charge in [-0.25, -0.2) is 4.79 Å². The van der Waals surface area contributed by atoms with E-state index in [1.54, 1.807) is 0 Å². The van der Waals surface area contributed by atoms with Gasteiger partial charge in [-0.15, -0.1) is 0 Å². The van der Waals surface area contributed by atoms with E-state index in [-0.39, 0.29) is 5.97 Å². The summed E-state index contributed by atoms with van der Waals surface area (Å²) in [6, 6.07) is 7.66. The normalized spacial score (nSPS) is 19.1. The van der Waals surface area contributed by atoms with E-state index in [0.29, 0.717) is 11.5 Å². The van der Waals surface area contributed by atoms with Crippen molar-refractivity contribution >= 4 is 11.8 Å². The molecule has 1 atom stereocenters. The Bertz CT molecular complexity index is 497. The topological polar surface area (TPSA) is 64.7 Å². The van der Waals surface area contributed by atoms with Gasteiger partial charge in [-0.3, -0.25) is 4.99 Å². The summed E-state index contributed by atoms with van der Waals surface area (Å²) in [5.74, 6) is 1.08. The molecule has 1 aromatic carbocycles. The van der Waals surface area contributed by atoms with Crippen LogP contribution in [0.5, 0.6) is 0 Å². The van der Waals surface area contributed by atoms with Gasteiger partial charge in [-0.2, -0.15) is 0 Å². The van der Waals surface area contributed by atoms with E-state index >= 15 is 0 Å². The second-order valence-electron chi connectivity index (χ2n) is 5.28. The van der Waals surface area contributed by atoms with E-state index in [4.69, 9.17) is 10.5 Å². The minimum atomic E-state index is -0.260. The summed E-state index contributed by atoms with van der Waals surface area (Å²) in [4.78, 5) is 16.1. The summed E-state index contributed by atoms with van der Waals surface area (Å²) in [5, 5.41) is 0. The van der Waals surface area contributed by atoms with E-state index in [1.165, 1.54) is 7.11 Å². The zero-order valence-corrected chi connectivity index (χ0v) is 12.0. The molecule has 20 heavy (non-hydrogen) atoms. The molecular formula is C16H22N2O2. The molecule has 1 aliphatic rings. The number of esters is 1. The number of rotatable bonds is 4. The number of aryl methyl sites for hydroxylation is 1. The number of hydrogen-bond donors (Lipinski definition) is 1. The van der Waals surface area contributed by atoms with Crippen LogP contribution in [0.1, 0.15) is 41.6 Å². The molecule has 0 amide bonds. The number of methoxy groups -OCH3 is 1. The van der Waals surface area contributed by atoms with E-state index in [0.717, 1.165) is 50.0 Å².